The second-order valence-corrected chi connectivity index (χ2v) is 7.04. The second-order valence-electron chi connectivity index (χ2n) is 6.39. The van der Waals surface area contributed by atoms with Crippen molar-refractivity contribution in [3.8, 4) is 5.75 Å². The lowest BCUT2D eigenvalue weighted by Crippen LogP contribution is -2.54. The third-order valence-corrected chi connectivity index (χ3v) is 4.72. The molecular formula is C16H22BrNO2. The number of ether oxygens (including phenoxy) is 2. The van der Waals surface area contributed by atoms with Gasteiger partial charge >= 0.3 is 0 Å². The molecule has 0 aliphatic carbocycles. The van der Waals surface area contributed by atoms with Crippen molar-refractivity contribution in [2.24, 2.45) is 0 Å². The Morgan fingerprint density at radius 2 is 2.15 bits per heavy atom. The second kappa shape index (κ2) is 5.66. The molecule has 0 N–H and O–H groups in total. The molecule has 1 fully saturated rings. The van der Waals surface area contributed by atoms with Crippen LogP contribution in [0.3, 0.4) is 0 Å². The van der Waals surface area contributed by atoms with E-state index in [9.17, 15) is 0 Å². The van der Waals surface area contributed by atoms with Crippen molar-refractivity contribution in [1.29, 1.82) is 0 Å². The van der Waals surface area contributed by atoms with Crippen LogP contribution >= 0.6 is 15.9 Å². The number of benzene rings is 1. The molecule has 2 atom stereocenters. The lowest BCUT2D eigenvalue weighted by Gasteiger charge is -2.43. The van der Waals surface area contributed by atoms with Gasteiger partial charge in [-0.3, -0.25) is 4.90 Å². The molecule has 1 aromatic rings. The summed E-state index contributed by atoms with van der Waals surface area (Å²) < 4.78 is 11.9. The lowest BCUT2D eigenvalue weighted by molar-refractivity contribution is -0.127. The Morgan fingerprint density at radius 3 is 2.95 bits per heavy atom. The van der Waals surface area contributed by atoms with E-state index in [1.807, 2.05) is 6.07 Å². The van der Waals surface area contributed by atoms with Crippen LogP contribution in [0.2, 0.25) is 0 Å². The maximum absolute atomic E-state index is 6.07. The van der Waals surface area contributed by atoms with Crippen LogP contribution in [-0.2, 0) is 4.74 Å². The molecule has 1 saturated heterocycles. The number of morpholine rings is 1. The minimum atomic E-state index is -0.0737. The first-order valence-corrected chi connectivity index (χ1v) is 8.37. The summed E-state index contributed by atoms with van der Waals surface area (Å²) in [7, 11) is 0. The van der Waals surface area contributed by atoms with E-state index in [-0.39, 0.29) is 11.7 Å². The summed E-state index contributed by atoms with van der Waals surface area (Å²) in [5.41, 5.74) is 1.28. The fraction of sp³-hybridized carbons (Fsp3) is 0.625. The molecule has 0 spiro atoms. The Balaban J connectivity index is 1.69. The molecule has 0 bridgehead atoms. The summed E-state index contributed by atoms with van der Waals surface area (Å²) in [6.45, 7) is 8.17. The summed E-state index contributed by atoms with van der Waals surface area (Å²) in [4.78, 5) is 2.52. The highest BCUT2D eigenvalue weighted by Gasteiger charge is 2.35. The Bertz CT molecular complexity index is 477. The van der Waals surface area contributed by atoms with E-state index in [2.05, 4.69) is 52.9 Å². The summed E-state index contributed by atoms with van der Waals surface area (Å²) in [5.74, 6) is 1.54. The molecule has 0 amide bonds. The van der Waals surface area contributed by atoms with Gasteiger partial charge in [0.05, 0.1) is 18.3 Å². The van der Waals surface area contributed by atoms with Gasteiger partial charge in [-0.1, -0.05) is 34.1 Å². The SMILES string of the molecule is CC1(C)CN(CC2COc3ccccc32)CC(CBr)O1. The molecular weight excluding hydrogens is 318 g/mol. The third kappa shape index (κ3) is 3.02. The standard InChI is InChI=1S/C16H22BrNO2/c1-16(2)11-18(9-13(7-17)20-16)8-12-10-19-15-6-4-3-5-14(12)15/h3-6,12-13H,7-11H2,1-2H3. The maximum Gasteiger partial charge on any atom is 0.122 e. The minimum absolute atomic E-state index is 0.0737. The number of para-hydroxylation sites is 1. The number of nitrogens with zero attached hydrogens (tertiary/aromatic N) is 1. The topological polar surface area (TPSA) is 21.7 Å². The van der Waals surface area contributed by atoms with Gasteiger partial charge in [0.2, 0.25) is 0 Å². The van der Waals surface area contributed by atoms with Gasteiger partial charge in [0, 0.05) is 36.4 Å². The maximum atomic E-state index is 6.07. The van der Waals surface area contributed by atoms with Crippen LogP contribution in [-0.4, -0.2) is 48.2 Å². The van der Waals surface area contributed by atoms with Crippen molar-refractivity contribution in [1.82, 2.24) is 4.90 Å². The monoisotopic (exact) mass is 339 g/mol. The van der Waals surface area contributed by atoms with E-state index < -0.39 is 0 Å². The first-order valence-electron chi connectivity index (χ1n) is 7.25. The van der Waals surface area contributed by atoms with Crippen molar-refractivity contribution in [2.75, 3.05) is 31.6 Å². The van der Waals surface area contributed by atoms with E-state index in [1.165, 1.54) is 5.56 Å². The molecule has 4 heteroatoms. The van der Waals surface area contributed by atoms with Gasteiger partial charge < -0.3 is 9.47 Å². The lowest BCUT2D eigenvalue weighted by atomic mass is 9.98. The van der Waals surface area contributed by atoms with Crippen LogP contribution in [0.4, 0.5) is 0 Å². The molecule has 2 aliphatic heterocycles. The van der Waals surface area contributed by atoms with Gasteiger partial charge in [0.1, 0.15) is 5.75 Å². The van der Waals surface area contributed by atoms with E-state index >= 15 is 0 Å². The normalized spacial score (nSPS) is 28.9. The van der Waals surface area contributed by atoms with Gasteiger partial charge in [0.15, 0.2) is 0 Å². The minimum Gasteiger partial charge on any atom is -0.493 e. The summed E-state index contributed by atoms with van der Waals surface area (Å²) >= 11 is 3.55. The molecule has 1 aromatic carbocycles. The fourth-order valence-corrected chi connectivity index (χ4v) is 3.67. The van der Waals surface area contributed by atoms with Crippen LogP contribution in [0.25, 0.3) is 0 Å². The van der Waals surface area contributed by atoms with Crippen molar-refractivity contribution in [3.05, 3.63) is 29.8 Å². The van der Waals surface area contributed by atoms with Crippen LogP contribution in [0.5, 0.6) is 5.75 Å². The van der Waals surface area contributed by atoms with E-state index in [4.69, 9.17) is 9.47 Å². The number of hydrogen-bond acceptors (Lipinski definition) is 3. The van der Waals surface area contributed by atoms with Crippen LogP contribution in [0.15, 0.2) is 24.3 Å². The smallest absolute Gasteiger partial charge is 0.122 e. The molecule has 20 heavy (non-hydrogen) atoms. The first-order chi connectivity index (χ1) is 9.57. The van der Waals surface area contributed by atoms with Crippen molar-refractivity contribution >= 4 is 15.9 Å². The van der Waals surface area contributed by atoms with Crippen LogP contribution in [0, 0.1) is 0 Å². The van der Waals surface area contributed by atoms with E-state index in [1.54, 1.807) is 0 Å². The molecule has 0 saturated carbocycles. The third-order valence-electron chi connectivity index (χ3n) is 4.00. The predicted molar refractivity (Wildman–Crippen MR) is 83.9 cm³/mol. The number of halogens is 1. The molecule has 2 aliphatic rings. The largest absolute Gasteiger partial charge is 0.493 e. The predicted octanol–water partition coefficient (Wildman–Crippen LogP) is 3.04. The molecule has 0 radical (unpaired) electrons. The first kappa shape index (κ1) is 14.4. The van der Waals surface area contributed by atoms with Crippen molar-refractivity contribution in [2.45, 2.75) is 31.5 Å². The molecule has 0 aromatic heterocycles. The van der Waals surface area contributed by atoms with Gasteiger partial charge in [-0.15, -0.1) is 0 Å². The molecule has 3 rings (SSSR count). The summed E-state index contributed by atoms with van der Waals surface area (Å²) in [6.07, 6.45) is 0.274. The fourth-order valence-electron chi connectivity index (χ4n) is 3.33. The quantitative estimate of drug-likeness (QED) is 0.790. The van der Waals surface area contributed by atoms with E-state index in [0.717, 1.165) is 37.3 Å². The molecule has 110 valence electrons. The zero-order valence-electron chi connectivity index (χ0n) is 12.1. The van der Waals surface area contributed by atoms with E-state index in [0.29, 0.717) is 5.92 Å². The summed E-state index contributed by atoms with van der Waals surface area (Å²) in [6, 6.07) is 8.41. The van der Waals surface area contributed by atoms with Crippen molar-refractivity contribution in [3.63, 3.8) is 0 Å². The zero-order valence-corrected chi connectivity index (χ0v) is 13.7. The Hall–Kier alpha value is -0.580. The average Bonchev–Trinajstić information content (AvgIpc) is 2.80. The van der Waals surface area contributed by atoms with Crippen LogP contribution < -0.4 is 4.74 Å². The number of hydrogen-bond donors (Lipinski definition) is 0. The van der Waals surface area contributed by atoms with Gasteiger partial charge in [-0.2, -0.15) is 0 Å². The Morgan fingerprint density at radius 1 is 1.35 bits per heavy atom. The molecule has 2 heterocycles. The summed E-state index contributed by atoms with van der Waals surface area (Å²) in [5, 5.41) is 0.894. The number of fused-ring (bicyclic) bond motifs is 1. The van der Waals surface area contributed by atoms with Gasteiger partial charge in [-0.25, -0.2) is 0 Å². The molecule has 3 nitrogen and oxygen atoms in total. The van der Waals surface area contributed by atoms with Gasteiger partial charge in [0.25, 0.3) is 0 Å². The highest BCUT2D eigenvalue weighted by atomic mass is 79.9. The van der Waals surface area contributed by atoms with Crippen molar-refractivity contribution < 1.29 is 9.47 Å². The number of rotatable bonds is 3. The van der Waals surface area contributed by atoms with Crippen LogP contribution in [0.1, 0.15) is 25.3 Å². The van der Waals surface area contributed by atoms with Gasteiger partial charge in [-0.05, 0) is 19.9 Å². The average molecular weight is 340 g/mol. The Kier molecular flexibility index (Phi) is 4.07. The number of alkyl halides is 1. The zero-order chi connectivity index (χ0) is 14.2. The highest BCUT2D eigenvalue weighted by Crippen LogP contribution is 2.35. The molecule has 2 unspecified atom stereocenters. The Labute approximate surface area is 129 Å². The highest BCUT2D eigenvalue weighted by molar-refractivity contribution is 9.09.